The van der Waals surface area contributed by atoms with Crippen molar-refractivity contribution in [2.45, 2.75) is 13.1 Å². The maximum absolute atomic E-state index is 12.8. The van der Waals surface area contributed by atoms with Gasteiger partial charge in [0.1, 0.15) is 17.3 Å². The third-order valence-corrected chi connectivity index (χ3v) is 4.21. The van der Waals surface area contributed by atoms with Crippen LogP contribution in [0, 0.1) is 5.82 Å². The minimum Gasteiger partial charge on any atom is -0.460 e. The SMILES string of the molecule is Fc1ccc(CNCc2ccc(-c3ccc(Br)cc3Cl)o2)cc1. The van der Waals surface area contributed by atoms with E-state index in [4.69, 9.17) is 16.0 Å². The number of hydrogen-bond acceptors (Lipinski definition) is 2. The van der Waals surface area contributed by atoms with Crippen molar-refractivity contribution in [2.24, 2.45) is 0 Å². The summed E-state index contributed by atoms with van der Waals surface area (Å²) in [5, 5.41) is 3.91. The van der Waals surface area contributed by atoms with Crippen molar-refractivity contribution in [1.29, 1.82) is 0 Å². The molecule has 3 aromatic rings. The van der Waals surface area contributed by atoms with Gasteiger partial charge in [0.2, 0.25) is 0 Å². The first-order valence-corrected chi connectivity index (χ1v) is 8.28. The summed E-state index contributed by atoms with van der Waals surface area (Å²) in [6.07, 6.45) is 0. The van der Waals surface area contributed by atoms with Crippen LogP contribution in [0.1, 0.15) is 11.3 Å². The number of rotatable bonds is 5. The molecule has 2 nitrogen and oxygen atoms in total. The number of halogens is 3. The Morgan fingerprint density at radius 1 is 1.00 bits per heavy atom. The Morgan fingerprint density at radius 2 is 1.78 bits per heavy atom. The summed E-state index contributed by atoms with van der Waals surface area (Å²) in [6.45, 7) is 1.24. The molecule has 0 saturated heterocycles. The molecule has 1 aromatic heterocycles. The first kappa shape index (κ1) is 16.2. The molecule has 0 bridgehead atoms. The van der Waals surface area contributed by atoms with Gasteiger partial charge in [0.15, 0.2) is 0 Å². The van der Waals surface area contributed by atoms with Crippen molar-refractivity contribution in [3.8, 4) is 11.3 Å². The lowest BCUT2D eigenvalue weighted by Gasteiger charge is -2.04. The number of furan rings is 1. The van der Waals surface area contributed by atoms with E-state index in [2.05, 4.69) is 21.2 Å². The molecule has 1 heterocycles. The highest BCUT2D eigenvalue weighted by Gasteiger charge is 2.09. The van der Waals surface area contributed by atoms with E-state index in [0.717, 1.165) is 27.1 Å². The van der Waals surface area contributed by atoms with Crippen LogP contribution in [0.15, 0.2) is 63.5 Å². The molecule has 0 aliphatic rings. The quantitative estimate of drug-likeness (QED) is 0.592. The molecule has 2 aromatic carbocycles. The first-order chi connectivity index (χ1) is 11.1. The zero-order valence-electron chi connectivity index (χ0n) is 12.2. The van der Waals surface area contributed by atoms with E-state index in [9.17, 15) is 4.39 Å². The van der Waals surface area contributed by atoms with Gasteiger partial charge >= 0.3 is 0 Å². The molecule has 118 valence electrons. The normalized spacial score (nSPS) is 10.9. The van der Waals surface area contributed by atoms with Crippen LogP contribution in [0.3, 0.4) is 0 Å². The second-order valence-corrected chi connectivity index (χ2v) is 6.44. The summed E-state index contributed by atoms with van der Waals surface area (Å²) < 4.78 is 19.6. The molecule has 0 aliphatic heterocycles. The van der Waals surface area contributed by atoms with E-state index in [1.807, 2.05) is 30.3 Å². The average Bonchev–Trinajstić information content (AvgIpc) is 2.98. The zero-order chi connectivity index (χ0) is 16.2. The molecule has 0 saturated carbocycles. The molecule has 23 heavy (non-hydrogen) atoms. The van der Waals surface area contributed by atoms with E-state index < -0.39 is 0 Å². The second kappa shape index (κ2) is 7.30. The molecule has 0 amide bonds. The van der Waals surface area contributed by atoms with Crippen molar-refractivity contribution in [3.05, 3.63) is 81.2 Å². The molecule has 5 heteroatoms. The third-order valence-electron chi connectivity index (χ3n) is 3.40. The van der Waals surface area contributed by atoms with Crippen LogP contribution in [0.25, 0.3) is 11.3 Å². The van der Waals surface area contributed by atoms with Gasteiger partial charge in [-0.25, -0.2) is 4.39 Å². The van der Waals surface area contributed by atoms with Gasteiger partial charge in [-0.2, -0.15) is 0 Å². The Balaban J connectivity index is 1.62. The molecule has 0 spiro atoms. The van der Waals surface area contributed by atoms with E-state index in [-0.39, 0.29) is 5.82 Å². The Bertz CT molecular complexity index is 801. The van der Waals surface area contributed by atoms with Gasteiger partial charge in [-0.05, 0) is 48.0 Å². The van der Waals surface area contributed by atoms with Crippen LogP contribution < -0.4 is 5.32 Å². The lowest BCUT2D eigenvalue weighted by atomic mass is 10.2. The topological polar surface area (TPSA) is 25.2 Å². The number of nitrogens with one attached hydrogen (secondary N) is 1. The Kier molecular flexibility index (Phi) is 5.16. The van der Waals surface area contributed by atoms with Crippen LogP contribution >= 0.6 is 27.5 Å². The van der Waals surface area contributed by atoms with Gasteiger partial charge in [-0.15, -0.1) is 0 Å². The van der Waals surface area contributed by atoms with Crippen LogP contribution in [0.4, 0.5) is 4.39 Å². The predicted molar refractivity (Wildman–Crippen MR) is 93.8 cm³/mol. The van der Waals surface area contributed by atoms with E-state index in [1.165, 1.54) is 12.1 Å². The fourth-order valence-corrected chi connectivity index (χ4v) is 3.01. The number of hydrogen-bond donors (Lipinski definition) is 1. The molecule has 0 aliphatic carbocycles. The van der Waals surface area contributed by atoms with Crippen molar-refractivity contribution in [3.63, 3.8) is 0 Å². The first-order valence-electron chi connectivity index (χ1n) is 7.11. The van der Waals surface area contributed by atoms with E-state index >= 15 is 0 Å². The molecule has 0 radical (unpaired) electrons. The van der Waals surface area contributed by atoms with Gasteiger partial charge in [0, 0.05) is 16.6 Å². The van der Waals surface area contributed by atoms with Gasteiger partial charge < -0.3 is 9.73 Å². The summed E-state index contributed by atoms with van der Waals surface area (Å²) >= 11 is 9.62. The smallest absolute Gasteiger partial charge is 0.135 e. The largest absolute Gasteiger partial charge is 0.460 e. The van der Waals surface area contributed by atoms with Gasteiger partial charge in [-0.1, -0.05) is 39.7 Å². The van der Waals surface area contributed by atoms with Gasteiger partial charge in [0.25, 0.3) is 0 Å². The Hall–Kier alpha value is -1.62. The van der Waals surface area contributed by atoms with E-state index in [1.54, 1.807) is 12.1 Å². The van der Waals surface area contributed by atoms with Crippen molar-refractivity contribution >= 4 is 27.5 Å². The van der Waals surface area contributed by atoms with Gasteiger partial charge in [-0.3, -0.25) is 0 Å². The predicted octanol–water partition coefficient (Wildman–Crippen LogP) is 5.79. The summed E-state index contributed by atoms with van der Waals surface area (Å²) in [4.78, 5) is 0. The highest BCUT2D eigenvalue weighted by molar-refractivity contribution is 9.10. The maximum Gasteiger partial charge on any atom is 0.135 e. The van der Waals surface area contributed by atoms with Crippen molar-refractivity contribution < 1.29 is 8.81 Å². The highest BCUT2D eigenvalue weighted by atomic mass is 79.9. The van der Waals surface area contributed by atoms with Gasteiger partial charge in [0.05, 0.1) is 11.6 Å². The zero-order valence-corrected chi connectivity index (χ0v) is 14.5. The third kappa shape index (κ3) is 4.22. The summed E-state index contributed by atoms with van der Waals surface area (Å²) in [5.41, 5.74) is 1.88. The lowest BCUT2D eigenvalue weighted by molar-refractivity contribution is 0.493. The Morgan fingerprint density at radius 3 is 2.52 bits per heavy atom. The summed E-state index contributed by atoms with van der Waals surface area (Å²) in [7, 11) is 0. The summed E-state index contributed by atoms with van der Waals surface area (Å²) in [5.74, 6) is 1.33. The average molecular weight is 395 g/mol. The molecule has 1 N–H and O–H groups in total. The van der Waals surface area contributed by atoms with Crippen molar-refractivity contribution in [2.75, 3.05) is 0 Å². The fourth-order valence-electron chi connectivity index (χ4n) is 2.24. The molecule has 0 unspecified atom stereocenters. The minimum absolute atomic E-state index is 0.226. The molecule has 0 fully saturated rings. The molecule has 0 atom stereocenters. The van der Waals surface area contributed by atoms with Crippen LogP contribution in [0.5, 0.6) is 0 Å². The second-order valence-electron chi connectivity index (χ2n) is 5.12. The monoisotopic (exact) mass is 393 g/mol. The minimum atomic E-state index is -0.226. The van der Waals surface area contributed by atoms with E-state index in [0.29, 0.717) is 18.1 Å². The molecular formula is C18H14BrClFNO. The summed E-state index contributed by atoms with van der Waals surface area (Å²) in [6, 6.07) is 15.9. The fraction of sp³-hybridized carbons (Fsp3) is 0.111. The standard InChI is InChI=1S/C18H14BrClFNO/c19-13-3-7-16(17(20)9-13)18-8-6-15(23-18)11-22-10-12-1-4-14(21)5-2-12/h1-9,22H,10-11H2. The maximum atomic E-state index is 12.8. The number of benzene rings is 2. The molecule has 3 rings (SSSR count). The Labute approximate surface area is 147 Å². The van der Waals surface area contributed by atoms with Crippen LogP contribution in [0.2, 0.25) is 5.02 Å². The van der Waals surface area contributed by atoms with Crippen molar-refractivity contribution in [1.82, 2.24) is 5.32 Å². The lowest BCUT2D eigenvalue weighted by Crippen LogP contribution is -2.11. The van der Waals surface area contributed by atoms with Crippen LogP contribution in [-0.2, 0) is 13.1 Å². The van der Waals surface area contributed by atoms with Crippen LogP contribution in [-0.4, -0.2) is 0 Å². The highest BCUT2D eigenvalue weighted by Crippen LogP contribution is 2.31. The molecular weight excluding hydrogens is 381 g/mol.